The number of anilines is 2. The first-order valence-electron chi connectivity index (χ1n) is 9.68. The monoisotopic (exact) mass is 492 g/mol. The molecule has 0 unspecified atom stereocenters. The first-order chi connectivity index (χ1) is 15.7. The number of hydrogen-bond donors (Lipinski definition) is 1. The molecule has 1 amide bonds. The Labute approximate surface area is 196 Å². The molecule has 3 aromatic rings. The molecule has 0 bridgehead atoms. The van der Waals surface area contributed by atoms with Crippen LogP contribution in [0.3, 0.4) is 0 Å². The zero-order chi connectivity index (χ0) is 24.2. The van der Waals surface area contributed by atoms with Gasteiger partial charge in [-0.15, -0.1) is 10.2 Å². The van der Waals surface area contributed by atoms with Gasteiger partial charge in [0.1, 0.15) is 16.8 Å². The van der Waals surface area contributed by atoms with Crippen molar-refractivity contribution in [3.8, 4) is 27.8 Å². The molecule has 1 heterocycles. The minimum Gasteiger partial charge on any atom is -0.497 e. The van der Waals surface area contributed by atoms with Gasteiger partial charge in [0.05, 0.1) is 33.3 Å². The zero-order valence-electron chi connectivity index (χ0n) is 18.7. The SMILES string of the molecule is COc1ccc(-c2nnc(NC(=O)[C@H](C)N(c3ccc(OC)c(OC)c3)S(C)(=O)=O)s2)cc1. The number of sulfonamides is 1. The molecule has 1 N–H and O–H groups in total. The summed E-state index contributed by atoms with van der Waals surface area (Å²) < 4.78 is 41.7. The molecule has 0 aliphatic heterocycles. The highest BCUT2D eigenvalue weighted by Gasteiger charge is 2.30. The van der Waals surface area contributed by atoms with Gasteiger partial charge in [-0.2, -0.15) is 0 Å². The van der Waals surface area contributed by atoms with Crippen LogP contribution in [0.4, 0.5) is 10.8 Å². The Morgan fingerprint density at radius 1 is 1.00 bits per heavy atom. The number of methoxy groups -OCH3 is 3. The van der Waals surface area contributed by atoms with Crippen LogP contribution >= 0.6 is 11.3 Å². The van der Waals surface area contributed by atoms with Crippen molar-refractivity contribution < 1.29 is 27.4 Å². The average Bonchev–Trinajstić information content (AvgIpc) is 3.26. The van der Waals surface area contributed by atoms with Gasteiger partial charge < -0.3 is 14.2 Å². The molecule has 1 atom stereocenters. The van der Waals surface area contributed by atoms with E-state index in [-0.39, 0.29) is 10.8 Å². The number of nitrogens with zero attached hydrogens (tertiary/aromatic N) is 3. The van der Waals surface area contributed by atoms with Crippen molar-refractivity contribution in [2.24, 2.45) is 0 Å². The lowest BCUT2D eigenvalue weighted by molar-refractivity contribution is -0.116. The number of aromatic nitrogens is 2. The third-order valence-electron chi connectivity index (χ3n) is 4.70. The van der Waals surface area contributed by atoms with E-state index in [1.165, 1.54) is 38.5 Å². The molecule has 12 heteroatoms. The number of carbonyl (C=O) groups is 1. The fourth-order valence-corrected chi connectivity index (χ4v) is 5.02. The summed E-state index contributed by atoms with van der Waals surface area (Å²) in [6.45, 7) is 1.48. The number of benzene rings is 2. The standard InChI is InChI=1S/C21H24N4O6S2/c1-13(25(33(5,27)28)15-8-11-17(30-3)18(12-15)31-4)19(26)22-21-24-23-20(32-21)14-6-9-16(29-2)10-7-14/h6-13H,1-5H3,(H,22,24,26)/t13-/m0/s1. The normalized spacial score (nSPS) is 12.0. The van der Waals surface area contributed by atoms with E-state index in [4.69, 9.17) is 14.2 Å². The van der Waals surface area contributed by atoms with Gasteiger partial charge in [0.15, 0.2) is 11.5 Å². The third kappa shape index (κ3) is 5.52. The number of ether oxygens (including phenoxy) is 3. The lowest BCUT2D eigenvalue weighted by atomic mass is 10.2. The Hall–Kier alpha value is -3.38. The molecule has 0 radical (unpaired) electrons. The molecule has 33 heavy (non-hydrogen) atoms. The van der Waals surface area contributed by atoms with Gasteiger partial charge >= 0.3 is 0 Å². The fraction of sp³-hybridized carbons (Fsp3) is 0.286. The summed E-state index contributed by atoms with van der Waals surface area (Å²) in [5, 5.41) is 11.6. The van der Waals surface area contributed by atoms with Crippen molar-refractivity contribution in [2.45, 2.75) is 13.0 Å². The van der Waals surface area contributed by atoms with Crippen molar-refractivity contribution in [1.29, 1.82) is 0 Å². The Bertz CT molecular complexity index is 1230. The predicted octanol–water partition coefficient (Wildman–Crippen LogP) is 3.02. The summed E-state index contributed by atoms with van der Waals surface area (Å²) in [6, 6.07) is 10.8. The van der Waals surface area contributed by atoms with Gasteiger partial charge in [-0.1, -0.05) is 11.3 Å². The van der Waals surface area contributed by atoms with Crippen LogP contribution in [0, 0.1) is 0 Å². The Morgan fingerprint density at radius 2 is 1.67 bits per heavy atom. The fourth-order valence-electron chi connectivity index (χ4n) is 3.10. The molecule has 0 saturated carbocycles. The van der Waals surface area contributed by atoms with Crippen LogP contribution in [0.1, 0.15) is 6.92 Å². The van der Waals surface area contributed by atoms with E-state index in [9.17, 15) is 13.2 Å². The third-order valence-corrected chi connectivity index (χ3v) is 6.83. The zero-order valence-corrected chi connectivity index (χ0v) is 20.4. The number of nitrogens with one attached hydrogen (secondary N) is 1. The summed E-state index contributed by atoms with van der Waals surface area (Å²) in [5.41, 5.74) is 1.07. The topological polar surface area (TPSA) is 120 Å². The predicted molar refractivity (Wildman–Crippen MR) is 127 cm³/mol. The summed E-state index contributed by atoms with van der Waals surface area (Å²) in [4.78, 5) is 12.9. The van der Waals surface area contributed by atoms with Crippen LogP contribution in [-0.4, -0.2) is 58.1 Å². The van der Waals surface area contributed by atoms with Crippen LogP contribution < -0.4 is 23.8 Å². The Morgan fingerprint density at radius 3 is 2.24 bits per heavy atom. The van der Waals surface area contributed by atoms with Gasteiger partial charge in [0.2, 0.25) is 21.1 Å². The molecular weight excluding hydrogens is 468 g/mol. The summed E-state index contributed by atoms with van der Waals surface area (Å²) >= 11 is 1.17. The molecule has 10 nitrogen and oxygen atoms in total. The summed E-state index contributed by atoms with van der Waals surface area (Å²) in [7, 11) is 0.687. The molecule has 176 valence electrons. The van der Waals surface area contributed by atoms with Crippen LogP contribution in [0.2, 0.25) is 0 Å². The first-order valence-corrected chi connectivity index (χ1v) is 12.3. The number of carbonyl (C=O) groups excluding carboxylic acids is 1. The Kier molecular flexibility index (Phi) is 7.39. The van der Waals surface area contributed by atoms with Crippen LogP contribution in [0.15, 0.2) is 42.5 Å². The molecule has 2 aromatic carbocycles. The van der Waals surface area contributed by atoms with E-state index in [0.29, 0.717) is 22.3 Å². The quantitative estimate of drug-likeness (QED) is 0.484. The van der Waals surface area contributed by atoms with Crippen molar-refractivity contribution >= 4 is 38.1 Å². The molecule has 0 aliphatic rings. The first kappa shape index (κ1) is 24.3. The molecule has 3 rings (SSSR count). The van der Waals surface area contributed by atoms with E-state index in [1.54, 1.807) is 31.4 Å². The van der Waals surface area contributed by atoms with Gasteiger partial charge in [0, 0.05) is 11.6 Å². The van der Waals surface area contributed by atoms with E-state index in [0.717, 1.165) is 16.1 Å². The van der Waals surface area contributed by atoms with Crippen LogP contribution in [0.5, 0.6) is 17.2 Å². The molecule has 0 saturated heterocycles. The molecule has 0 fully saturated rings. The number of rotatable bonds is 9. The molecule has 0 spiro atoms. The van der Waals surface area contributed by atoms with Gasteiger partial charge in [0.25, 0.3) is 0 Å². The average molecular weight is 493 g/mol. The van der Waals surface area contributed by atoms with E-state index in [2.05, 4.69) is 15.5 Å². The van der Waals surface area contributed by atoms with Crippen molar-refractivity contribution in [3.63, 3.8) is 0 Å². The van der Waals surface area contributed by atoms with Crippen molar-refractivity contribution in [3.05, 3.63) is 42.5 Å². The highest BCUT2D eigenvalue weighted by molar-refractivity contribution is 7.92. The van der Waals surface area contributed by atoms with Gasteiger partial charge in [-0.3, -0.25) is 14.4 Å². The maximum atomic E-state index is 12.9. The van der Waals surface area contributed by atoms with Gasteiger partial charge in [-0.05, 0) is 43.3 Å². The maximum Gasteiger partial charge on any atom is 0.249 e. The minimum absolute atomic E-state index is 0.249. The second-order valence-electron chi connectivity index (χ2n) is 6.90. The number of amides is 1. The lowest BCUT2D eigenvalue weighted by Crippen LogP contribution is -2.45. The molecule has 1 aromatic heterocycles. The maximum absolute atomic E-state index is 12.9. The minimum atomic E-state index is -3.81. The highest BCUT2D eigenvalue weighted by atomic mass is 32.2. The van der Waals surface area contributed by atoms with E-state index >= 15 is 0 Å². The second-order valence-corrected chi connectivity index (χ2v) is 9.74. The summed E-state index contributed by atoms with van der Waals surface area (Å²) in [5.74, 6) is 0.922. The largest absolute Gasteiger partial charge is 0.497 e. The van der Waals surface area contributed by atoms with Crippen molar-refractivity contribution in [1.82, 2.24) is 10.2 Å². The van der Waals surface area contributed by atoms with E-state index < -0.39 is 22.0 Å². The van der Waals surface area contributed by atoms with Crippen LogP contribution in [-0.2, 0) is 14.8 Å². The molecule has 0 aliphatic carbocycles. The summed E-state index contributed by atoms with van der Waals surface area (Å²) in [6.07, 6.45) is 1.03. The second kappa shape index (κ2) is 10.0. The van der Waals surface area contributed by atoms with Gasteiger partial charge in [-0.25, -0.2) is 8.42 Å². The van der Waals surface area contributed by atoms with E-state index in [1.807, 2.05) is 12.1 Å². The van der Waals surface area contributed by atoms with Crippen LogP contribution in [0.25, 0.3) is 10.6 Å². The molecular formula is C21H24N4O6S2. The van der Waals surface area contributed by atoms with Crippen molar-refractivity contribution in [2.75, 3.05) is 37.2 Å². The highest BCUT2D eigenvalue weighted by Crippen LogP contribution is 2.34. The number of hydrogen-bond acceptors (Lipinski definition) is 9. The smallest absolute Gasteiger partial charge is 0.249 e. The Balaban J connectivity index is 1.82. The lowest BCUT2D eigenvalue weighted by Gasteiger charge is -2.28.